The largest absolute Gasteiger partial charge is 0.330 e. The van der Waals surface area contributed by atoms with Crippen LogP contribution in [0.1, 0.15) is 18.4 Å². The zero-order chi connectivity index (χ0) is 18.1. The monoisotopic (exact) mass is 373 g/mol. The van der Waals surface area contributed by atoms with Gasteiger partial charge in [0.25, 0.3) is 0 Å². The van der Waals surface area contributed by atoms with Crippen LogP contribution in [0.5, 0.6) is 0 Å². The molecule has 1 heterocycles. The Morgan fingerprint density at radius 1 is 1.12 bits per heavy atom. The van der Waals surface area contributed by atoms with E-state index < -0.39 is 10.0 Å². The van der Waals surface area contributed by atoms with Gasteiger partial charge in [0.05, 0.1) is 23.1 Å². The lowest BCUT2D eigenvalue weighted by molar-refractivity contribution is 0.397. The number of aromatic nitrogens is 2. The minimum Gasteiger partial charge on any atom is -0.330 e. The predicted octanol–water partition coefficient (Wildman–Crippen LogP) is 3.17. The second-order valence-electron chi connectivity index (χ2n) is 6.65. The number of hydrogen-bond acceptors (Lipinski definition) is 3. The van der Waals surface area contributed by atoms with Crippen molar-refractivity contribution in [3.63, 3.8) is 0 Å². The highest BCUT2D eigenvalue weighted by atomic mass is 32.2. The first-order chi connectivity index (χ1) is 12.5. The van der Waals surface area contributed by atoms with Crippen LogP contribution < -0.4 is 0 Å². The van der Waals surface area contributed by atoms with Crippen LogP contribution >= 0.6 is 0 Å². The quantitative estimate of drug-likeness (QED) is 0.639. The molecule has 136 valence electrons. The van der Waals surface area contributed by atoms with E-state index >= 15 is 0 Å². The smallest absolute Gasteiger partial charge is 0.216 e. The number of halogens is 1. The Bertz CT molecular complexity index is 1010. The van der Waals surface area contributed by atoms with Crippen molar-refractivity contribution in [2.24, 2.45) is 0 Å². The highest BCUT2D eigenvalue weighted by Gasteiger charge is 2.36. The van der Waals surface area contributed by atoms with E-state index in [1.165, 1.54) is 12.1 Å². The number of benzene rings is 2. The van der Waals surface area contributed by atoms with E-state index in [-0.39, 0.29) is 24.2 Å². The molecule has 0 saturated heterocycles. The summed E-state index contributed by atoms with van der Waals surface area (Å²) in [6.45, 7) is 0.646. The van der Waals surface area contributed by atoms with Gasteiger partial charge in [-0.05, 0) is 42.7 Å². The van der Waals surface area contributed by atoms with Gasteiger partial charge in [0, 0.05) is 19.1 Å². The van der Waals surface area contributed by atoms with E-state index in [4.69, 9.17) is 0 Å². The molecule has 0 radical (unpaired) electrons. The highest BCUT2D eigenvalue weighted by molar-refractivity contribution is 7.89. The lowest BCUT2D eigenvalue weighted by Crippen LogP contribution is -2.35. The summed E-state index contributed by atoms with van der Waals surface area (Å²) >= 11 is 0. The van der Waals surface area contributed by atoms with E-state index in [0.29, 0.717) is 6.54 Å². The normalized spacial score (nSPS) is 15.0. The predicted molar refractivity (Wildman–Crippen MR) is 98.5 cm³/mol. The average molecular weight is 373 g/mol. The fourth-order valence-electron chi connectivity index (χ4n) is 3.11. The Kier molecular flexibility index (Phi) is 4.50. The average Bonchev–Trinajstić information content (AvgIpc) is 3.39. The van der Waals surface area contributed by atoms with Crippen molar-refractivity contribution in [2.75, 3.05) is 5.75 Å². The maximum Gasteiger partial charge on any atom is 0.216 e. The van der Waals surface area contributed by atoms with Gasteiger partial charge in [0.15, 0.2) is 0 Å². The minimum atomic E-state index is -3.42. The second kappa shape index (κ2) is 6.81. The fourth-order valence-corrected chi connectivity index (χ4v) is 4.78. The number of sulfonamides is 1. The topological polar surface area (TPSA) is 55.2 Å². The maximum atomic E-state index is 13.1. The number of aryl methyl sites for hydroxylation is 1. The van der Waals surface area contributed by atoms with Crippen LogP contribution in [0.4, 0.5) is 4.39 Å². The molecule has 0 atom stereocenters. The van der Waals surface area contributed by atoms with Crippen LogP contribution in [0.25, 0.3) is 11.0 Å². The van der Waals surface area contributed by atoms with Crippen molar-refractivity contribution in [2.45, 2.75) is 32.0 Å². The SMILES string of the molecule is O=S(=O)(CCn1cnc2ccccc21)N(Cc1ccc(F)cc1)C1CC1. The molecule has 1 aliphatic rings. The van der Waals surface area contributed by atoms with Gasteiger partial charge >= 0.3 is 0 Å². The van der Waals surface area contributed by atoms with Gasteiger partial charge in [0.1, 0.15) is 5.82 Å². The Labute approximate surface area is 152 Å². The maximum absolute atomic E-state index is 13.1. The first-order valence-corrected chi connectivity index (χ1v) is 10.3. The summed E-state index contributed by atoms with van der Waals surface area (Å²) in [6.07, 6.45) is 3.45. The van der Waals surface area contributed by atoms with Crippen LogP contribution in [0.3, 0.4) is 0 Å². The van der Waals surface area contributed by atoms with Gasteiger partial charge in [-0.15, -0.1) is 0 Å². The summed E-state index contributed by atoms with van der Waals surface area (Å²) < 4.78 is 42.4. The molecule has 0 spiro atoms. The zero-order valence-electron chi connectivity index (χ0n) is 14.3. The van der Waals surface area contributed by atoms with Gasteiger partial charge in [-0.3, -0.25) is 0 Å². The Morgan fingerprint density at radius 2 is 1.85 bits per heavy atom. The van der Waals surface area contributed by atoms with Gasteiger partial charge in [-0.2, -0.15) is 4.31 Å². The van der Waals surface area contributed by atoms with Gasteiger partial charge in [0.2, 0.25) is 10.0 Å². The molecule has 0 amide bonds. The van der Waals surface area contributed by atoms with Crippen LogP contribution in [-0.4, -0.2) is 34.1 Å². The highest BCUT2D eigenvalue weighted by Crippen LogP contribution is 2.31. The molecule has 7 heteroatoms. The first kappa shape index (κ1) is 17.2. The molecular weight excluding hydrogens is 353 g/mol. The summed E-state index contributed by atoms with van der Waals surface area (Å²) in [5.41, 5.74) is 2.59. The van der Waals surface area contributed by atoms with E-state index in [9.17, 15) is 12.8 Å². The number of hydrogen-bond donors (Lipinski definition) is 0. The third kappa shape index (κ3) is 3.64. The standard InChI is InChI=1S/C19H20FN3O2S/c20-16-7-5-15(6-8-16)13-23(17-9-10-17)26(24,25)12-11-22-14-21-18-3-1-2-4-19(18)22/h1-8,14,17H,9-13H2. The van der Waals surface area contributed by atoms with Gasteiger partial charge in [-0.25, -0.2) is 17.8 Å². The van der Waals surface area contributed by atoms with E-state index in [1.54, 1.807) is 22.8 Å². The molecule has 1 aliphatic carbocycles. The lowest BCUT2D eigenvalue weighted by atomic mass is 10.2. The molecule has 0 unspecified atom stereocenters. The summed E-state index contributed by atoms with van der Waals surface area (Å²) in [4.78, 5) is 4.31. The molecular formula is C19H20FN3O2S. The van der Waals surface area contributed by atoms with Crippen molar-refractivity contribution in [3.05, 3.63) is 66.2 Å². The number of fused-ring (bicyclic) bond motifs is 1. The Hall–Kier alpha value is -2.25. The molecule has 0 aliphatic heterocycles. The first-order valence-electron chi connectivity index (χ1n) is 8.67. The van der Waals surface area contributed by atoms with Gasteiger partial charge in [-0.1, -0.05) is 24.3 Å². The number of imidazole rings is 1. The van der Waals surface area contributed by atoms with Crippen molar-refractivity contribution in [1.29, 1.82) is 0 Å². The summed E-state index contributed by atoms with van der Waals surface area (Å²) in [5, 5.41) is 0. The summed E-state index contributed by atoms with van der Waals surface area (Å²) in [7, 11) is -3.42. The Balaban J connectivity index is 1.50. The van der Waals surface area contributed by atoms with Crippen LogP contribution in [0, 0.1) is 5.82 Å². The molecule has 1 saturated carbocycles. The number of nitrogens with zero attached hydrogens (tertiary/aromatic N) is 3. The van der Waals surface area contributed by atoms with Gasteiger partial charge < -0.3 is 4.57 Å². The lowest BCUT2D eigenvalue weighted by Gasteiger charge is -2.22. The third-order valence-electron chi connectivity index (χ3n) is 4.68. The molecule has 1 fully saturated rings. The molecule has 4 rings (SSSR count). The second-order valence-corrected chi connectivity index (χ2v) is 8.69. The third-order valence-corrected chi connectivity index (χ3v) is 6.52. The van der Waals surface area contributed by atoms with Crippen molar-refractivity contribution >= 4 is 21.1 Å². The van der Waals surface area contributed by atoms with Crippen LogP contribution in [-0.2, 0) is 23.1 Å². The van der Waals surface area contributed by atoms with Crippen molar-refractivity contribution in [1.82, 2.24) is 13.9 Å². The number of para-hydroxylation sites is 2. The molecule has 0 bridgehead atoms. The van der Waals surface area contributed by atoms with E-state index in [0.717, 1.165) is 29.4 Å². The summed E-state index contributed by atoms with van der Waals surface area (Å²) in [6, 6.07) is 13.7. The molecule has 5 nitrogen and oxygen atoms in total. The van der Waals surface area contributed by atoms with Crippen molar-refractivity contribution in [3.8, 4) is 0 Å². The van der Waals surface area contributed by atoms with E-state index in [2.05, 4.69) is 4.98 Å². The molecule has 1 aromatic heterocycles. The minimum absolute atomic E-state index is 0.0189. The number of rotatable bonds is 7. The summed E-state index contributed by atoms with van der Waals surface area (Å²) in [5.74, 6) is -0.299. The van der Waals surface area contributed by atoms with E-state index in [1.807, 2.05) is 28.8 Å². The fraction of sp³-hybridized carbons (Fsp3) is 0.316. The Morgan fingerprint density at radius 3 is 2.58 bits per heavy atom. The van der Waals surface area contributed by atoms with Crippen molar-refractivity contribution < 1.29 is 12.8 Å². The molecule has 26 heavy (non-hydrogen) atoms. The van der Waals surface area contributed by atoms with Crippen LogP contribution in [0.2, 0.25) is 0 Å². The molecule has 0 N–H and O–H groups in total. The molecule has 3 aromatic rings. The molecule has 2 aromatic carbocycles. The van der Waals surface area contributed by atoms with Crippen LogP contribution in [0.15, 0.2) is 54.9 Å². The zero-order valence-corrected chi connectivity index (χ0v) is 15.1.